The molecule has 18 heavy (non-hydrogen) atoms. The second-order valence-electron chi connectivity index (χ2n) is 6.59. The average molecular weight is 247 g/mol. The SMILES string of the molecule is NCC1C2CC3CC(C2)C(Cc2nn[nH]n2)C1C3. The molecule has 6 atom stereocenters. The molecular formula is C13H21N5. The van der Waals surface area contributed by atoms with Crippen molar-refractivity contribution in [1.29, 1.82) is 0 Å². The Morgan fingerprint density at radius 1 is 1.11 bits per heavy atom. The van der Waals surface area contributed by atoms with Crippen LogP contribution in [-0.4, -0.2) is 27.2 Å². The van der Waals surface area contributed by atoms with Crippen LogP contribution in [0.15, 0.2) is 0 Å². The summed E-state index contributed by atoms with van der Waals surface area (Å²) in [7, 11) is 0. The van der Waals surface area contributed by atoms with Gasteiger partial charge in [-0.25, -0.2) is 0 Å². The van der Waals surface area contributed by atoms with E-state index >= 15 is 0 Å². The molecule has 1 heterocycles. The maximum Gasteiger partial charge on any atom is 0.174 e. The maximum absolute atomic E-state index is 6.04. The summed E-state index contributed by atoms with van der Waals surface area (Å²) in [6.07, 6.45) is 6.69. The molecule has 1 aromatic rings. The molecule has 0 amide bonds. The van der Waals surface area contributed by atoms with Gasteiger partial charge < -0.3 is 5.73 Å². The van der Waals surface area contributed by atoms with Gasteiger partial charge in [0.2, 0.25) is 0 Å². The number of H-pyrrole nitrogens is 1. The van der Waals surface area contributed by atoms with E-state index in [1.807, 2.05) is 0 Å². The van der Waals surface area contributed by atoms with E-state index in [0.29, 0.717) is 0 Å². The third-order valence-corrected chi connectivity index (χ3v) is 5.87. The molecule has 5 rings (SSSR count). The summed E-state index contributed by atoms with van der Waals surface area (Å²) < 4.78 is 0. The van der Waals surface area contributed by atoms with Crippen LogP contribution in [0.5, 0.6) is 0 Å². The van der Waals surface area contributed by atoms with Crippen LogP contribution in [-0.2, 0) is 6.42 Å². The monoisotopic (exact) mass is 247 g/mol. The Balaban J connectivity index is 1.59. The summed E-state index contributed by atoms with van der Waals surface area (Å²) in [5.74, 6) is 6.03. The minimum atomic E-state index is 0.754. The lowest BCUT2D eigenvalue weighted by Gasteiger charge is -2.58. The van der Waals surface area contributed by atoms with Crippen LogP contribution in [0.2, 0.25) is 0 Å². The van der Waals surface area contributed by atoms with Crippen molar-refractivity contribution in [3.05, 3.63) is 5.82 Å². The molecule has 5 heteroatoms. The number of aromatic nitrogens is 4. The Kier molecular flexibility index (Phi) is 2.43. The molecular weight excluding hydrogens is 226 g/mol. The van der Waals surface area contributed by atoms with Crippen LogP contribution in [0, 0.1) is 35.5 Å². The van der Waals surface area contributed by atoms with Crippen molar-refractivity contribution in [3.8, 4) is 0 Å². The van der Waals surface area contributed by atoms with Crippen molar-refractivity contribution in [2.24, 2.45) is 41.2 Å². The smallest absolute Gasteiger partial charge is 0.174 e. The molecule has 0 aliphatic heterocycles. The summed E-state index contributed by atoms with van der Waals surface area (Å²) in [5.41, 5.74) is 6.04. The lowest BCUT2D eigenvalue weighted by Crippen LogP contribution is -2.53. The van der Waals surface area contributed by atoms with Crippen molar-refractivity contribution in [2.75, 3.05) is 6.54 Å². The van der Waals surface area contributed by atoms with Crippen LogP contribution < -0.4 is 5.73 Å². The molecule has 3 N–H and O–H groups in total. The number of aromatic amines is 1. The first-order valence-electron chi connectivity index (χ1n) is 7.27. The van der Waals surface area contributed by atoms with Crippen molar-refractivity contribution >= 4 is 0 Å². The molecule has 4 aliphatic carbocycles. The molecule has 98 valence electrons. The Labute approximate surface area is 107 Å². The zero-order chi connectivity index (χ0) is 12.1. The zero-order valence-electron chi connectivity index (χ0n) is 10.6. The molecule has 4 bridgehead atoms. The summed E-state index contributed by atoms with van der Waals surface area (Å²) in [6, 6.07) is 0. The summed E-state index contributed by atoms with van der Waals surface area (Å²) >= 11 is 0. The van der Waals surface area contributed by atoms with Gasteiger partial charge in [-0.3, -0.25) is 0 Å². The summed E-state index contributed by atoms with van der Waals surface area (Å²) in [4.78, 5) is 0. The van der Waals surface area contributed by atoms with E-state index in [-0.39, 0.29) is 0 Å². The summed E-state index contributed by atoms with van der Waals surface area (Å²) in [6.45, 7) is 0.873. The molecule has 1 aromatic heterocycles. The molecule has 0 saturated heterocycles. The van der Waals surface area contributed by atoms with Crippen LogP contribution in [0.4, 0.5) is 0 Å². The first-order valence-corrected chi connectivity index (χ1v) is 7.27. The van der Waals surface area contributed by atoms with Crippen LogP contribution in [0.1, 0.15) is 31.5 Å². The van der Waals surface area contributed by atoms with Crippen molar-refractivity contribution in [2.45, 2.75) is 32.1 Å². The quantitative estimate of drug-likeness (QED) is 0.835. The minimum absolute atomic E-state index is 0.754. The first-order chi connectivity index (χ1) is 8.85. The van der Waals surface area contributed by atoms with Gasteiger partial charge in [0, 0.05) is 6.42 Å². The standard InChI is InChI=1S/C13H21N5/c14-6-12-9-2-7-1-8(4-9)10(11(12)3-7)5-13-15-17-18-16-13/h7-12H,1-6,14H2,(H,15,16,17,18). The van der Waals surface area contributed by atoms with E-state index in [9.17, 15) is 0 Å². The Morgan fingerprint density at radius 2 is 1.94 bits per heavy atom. The predicted octanol–water partition coefficient (Wildman–Crippen LogP) is 0.999. The third-order valence-electron chi connectivity index (χ3n) is 5.87. The van der Waals surface area contributed by atoms with Crippen molar-refractivity contribution in [3.63, 3.8) is 0 Å². The number of rotatable bonds is 3. The van der Waals surface area contributed by atoms with Gasteiger partial charge >= 0.3 is 0 Å². The summed E-state index contributed by atoms with van der Waals surface area (Å²) in [5, 5.41) is 14.5. The maximum atomic E-state index is 6.04. The topological polar surface area (TPSA) is 80.5 Å². The largest absolute Gasteiger partial charge is 0.330 e. The molecule has 6 unspecified atom stereocenters. The van der Waals surface area contributed by atoms with Gasteiger partial charge in [0.25, 0.3) is 0 Å². The number of hydrogen-bond acceptors (Lipinski definition) is 4. The third kappa shape index (κ3) is 1.53. The second-order valence-corrected chi connectivity index (χ2v) is 6.59. The molecule has 4 aliphatic rings. The van der Waals surface area contributed by atoms with Gasteiger partial charge in [-0.1, -0.05) is 5.21 Å². The molecule has 5 nitrogen and oxygen atoms in total. The highest BCUT2D eigenvalue weighted by Gasteiger charge is 2.52. The fourth-order valence-corrected chi connectivity index (χ4v) is 5.34. The molecule has 4 fully saturated rings. The minimum Gasteiger partial charge on any atom is -0.330 e. The number of nitrogens with one attached hydrogen (secondary N) is 1. The van der Waals surface area contributed by atoms with E-state index in [2.05, 4.69) is 20.6 Å². The van der Waals surface area contributed by atoms with Gasteiger partial charge in [0.05, 0.1) is 0 Å². The van der Waals surface area contributed by atoms with Gasteiger partial charge in [-0.15, -0.1) is 10.2 Å². The fraction of sp³-hybridized carbons (Fsp3) is 0.923. The van der Waals surface area contributed by atoms with Crippen LogP contribution >= 0.6 is 0 Å². The Morgan fingerprint density at radius 3 is 2.67 bits per heavy atom. The average Bonchev–Trinajstić information content (AvgIpc) is 2.86. The Bertz CT molecular complexity index is 417. The first kappa shape index (κ1) is 10.9. The molecule has 0 spiro atoms. The second kappa shape index (κ2) is 4.02. The van der Waals surface area contributed by atoms with Crippen molar-refractivity contribution in [1.82, 2.24) is 20.6 Å². The lowest BCUT2D eigenvalue weighted by atomic mass is 9.47. The van der Waals surface area contributed by atoms with E-state index in [0.717, 1.165) is 54.3 Å². The van der Waals surface area contributed by atoms with Crippen molar-refractivity contribution < 1.29 is 0 Å². The van der Waals surface area contributed by atoms with Gasteiger partial charge in [-0.2, -0.15) is 5.21 Å². The van der Waals surface area contributed by atoms with Crippen LogP contribution in [0.25, 0.3) is 0 Å². The van der Waals surface area contributed by atoms with E-state index in [4.69, 9.17) is 5.73 Å². The molecule has 4 saturated carbocycles. The zero-order valence-corrected chi connectivity index (χ0v) is 10.6. The fourth-order valence-electron chi connectivity index (χ4n) is 5.34. The number of nitrogens with two attached hydrogens (primary N) is 1. The molecule has 0 radical (unpaired) electrons. The van der Waals surface area contributed by atoms with Gasteiger partial charge in [0.1, 0.15) is 0 Å². The van der Waals surface area contributed by atoms with Crippen LogP contribution in [0.3, 0.4) is 0 Å². The Hall–Kier alpha value is -0.970. The number of hydrogen-bond donors (Lipinski definition) is 2. The predicted molar refractivity (Wildman–Crippen MR) is 66.3 cm³/mol. The van der Waals surface area contributed by atoms with E-state index in [1.54, 1.807) is 0 Å². The lowest BCUT2D eigenvalue weighted by molar-refractivity contribution is -0.0818. The molecule has 0 aromatic carbocycles. The normalized spacial score (nSPS) is 45.6. The highest BCUT2D eigenvalue weighted by molar-refractivity contribution is 5.04. The highest BCUT2D eigenvalue weighted by atomic mass is 15.5. The number of nitrogens with zero attached hydrogens (tertiary/aromatic N) is 3. The van der Waals surface area contributed by atoms with Gasteiger partial charge in [-0.05, 0) is 67.7 Å². The van der Waals surface area contributed by atoms with E-state index < -0.39 is 0 Å². The number of tetrazole rings is 1. The van der Waals surface area contributed by atoms with E-state index in [1.165, 1.54) is 25.7 Å². The van der Waals surface area contributed by atoms with Gasteiger partial charge in [0.15, 0.2) is 5.82 Å². The highest BCUT2D eigenvalue weighted by Crippen LogP contribution is 2.59.